The molecule has 0 atom stereocenters. The number of benzene rings is 1. The molecule has 1 aromatic heterocycles. The number of pyridine rings is 1. The molecule has 0 bridgehead atoms. The van der Waals surface area contributed by atoms with Gasteiger partial charge >= 0.3 is 0 Å². The monoisotopic (exact) mass is 220 g/mol. The molecule has 0 spiro atoms. The molecular formula is C14H24N2. The first-order valence-corrected chi connectivity index (χ1v) is 5.93. The second kappa shape index (κ2) is 8.72. The van der Waals surface area contributed by atoms with E-state index in [1.54, 1.807) is 0 Å². The minimum absolute atomic E-state index is 0. The van der Waals surface area contributed by atoms with Gasteiger partial charge in [-0.3, -0.25) is 4.98 Å². The van der Waals surface area contributed by atoms with Crippen LogP contribution in [0.5, 0.6) is 0 Å². The van der Waals surface area contributed by atoms with Gasteiger partial charge in [-0.1, -0.05) is 33.8 Å². The van der Waals surface area contributed by atoms with Crippen LogP contribution in [0.2, 0.25) is 0 Å². The lowest BCUT2D eigenvalue weighted by molar-refractivity contribution is 1.41. The highest BCUT2D eigenvalue weighted by atomic mass is 14.8. The fourth-order valence-electron chi connectivity index (χ4n) is 1.32. The lowest BCUT2D eigenvalue weighted by atomic mass is 10.2. The largest absolute Gasteiger partial charge is 0.388 e. The summed E-state index contributed by atoms with van der Waals surface area (Å²) in [6.07, 6.45) is 1.81. The van der Waals surface area contributed by atoms with Crippen molar-refractivity contribution in [3.05, 3.63) is 36.5 Å². The third-order valence-corrected chi connectivity index (χ3v) is 1.92. The van der Waals surface area contributed by atoms with E-state index in [0.29, 0.717) is 0 Å². The molecule has 0 radical (unpaired) electrons. The Morgan fingerprint density at radius 1 is 1.00 bits per heavy atom. The van der Waals surface area contributed by atoms with E-state index in [-0.39, 0.29) is 1.43 Å². The molecule has 0 unspecified atom stereocenters. The molecule has 2 rings (SSSR count). The van der Waals surface area contributed by atoms with Crippen LogP contribution in [-0.4, -0.2) is 12.0 Å². The smallest absolute Gasteiger partial charge is 0.0722 e. The highest BCUT2D eigenvalue weighted by molar-refractivity contribution is 5.90. The van der Waals surface area contributed by atoms with Gasteiger partial charge in [-0.2, -0.15) is 0 Å². The molecule has 1 aromatic carbocycles. The summed E-state index contributed by atoms with van der Waals surface area (Å²) in [5.41, 5.74) is 2.16. The molecule has 0 aliphatic carbocycles. The summed E-state index contributed by atoms with van der Waals surface area (Å²) in [5.74, 6) is 0. The van der Waals surface area contributed by atoms with Crippen molar-refractivity contribution in [3.63, 3.8) is 0 Å². The van der Waals surface area contributed by atoms with Crippen molar-refractivity contribution >= 4 is 16.6 Å². The highest BCUT2D eigenvalue weighted by Crippen LogP contribution is 2.19. The van der Waals surface area contributed by atoms with Crippen molar-refractivity contribution in [1.82, 2.24) is 4.98 Å². The van der Waals surface area contributed by atoms with Gasteiger partial charge in [0.2, 0.25) is 0 Å². The summed E-state index contributed by atoms with van der Waals surface area (Å²) in [4.78, 5) is 4.25. The molecule has 16 heavy (non-hydrogen) atoms. The molecule has 2 aromatic rings. The Bertz CT molecular complexity index is 397. The van der Waals surface area contributed by atoms with Gasteiger partial charge in [-0.15, -0.1) is 0 Å². The molecule has 0 saturated heterocycles. The molecule has 0 fully saturated rings. The van der Waals surface area contributed by atoms with Crippen LogP contribution < -0.4 is 5.32 Å². The van der Waals surface area contributed by atoms with Crippen LogP contribution in [0.1, 0.15) is 29.1 Å². The molecule has 0 saturated carbocycles. The lowest BCUT2D eigenvalue weighted by Gasteiger charge is -2.03. The summed E-state index contributed by atoms with van der Waals surface area (Å²) in [6.45, 7) is 8.00. The minimum atomic E-state index is 0. The Morgan fingerprint density at radius 2 is 1.69 bits per heavy atom. The molecule has 0 amide bonds. The van der Waals surface area contributed by atoms with E-state index in [0.717, 1.165) is 11.2 Å². The van der Waals surface area contributed by atoms with Gasteiger partial charge in [-0.05, 0) is 24.3 Å². The number of rotatable bonds is 1. The standard InChI is InChI=1S/C10H10N2.2C2H6.H2/c1-11-9-5-2-6-10-8(9)4-3-7-12-10;2*1-2;/h2-7,11H,1H3;2*1-2H3;1H. The minimum Gasteiger partial charge on any atom is -0.388 e. The normalized spacial score (nSPS) is 8.31. The number of nitrogens with zero attached hydrogens (tertiary/aromatic N) is 1. The maximum absolute atomic E-state index is 4.25. The van der Waals surface area contributed by atoms with Crippen LogP contribution in [0.4, 0.5) is 5.69 Å². The summed E-state index contributed by atoms with van der Waals surface area (Å²) < 4.78 is 0. The Labute approximate surface area is 100 Å². The zero-order valence-corrected chi connectivity index (χ0v) is 10.9. The van der Waals surface area contributed by atoms with Crippen molar-refractivity contribution in [2.75, 3.05) is 12.4 Å². The zero-order chi connectivity index (χ0) is 12.4. The van der Waals surface area contributed by atoms with E-state index >= 15 is 0 Å². The highest BCUT2D eigenvalue weighted by Gasteiger charge is 1.96. The van der Waals surface area contributed by atoms with Gasteiger partial charge < -0.3 is 5.32 Å². The van der Waals surface area contributed by atoms with Crippen LogP contribution >= 0.6 is 0 Å². The summed E-state index contributed by atoms with van der Waals surface area (Å²) in [7, 11) is 1.92. The predicted octanol–water partition coefficient (Wildman–Crippen LogP) is 4.57. The Morgan fingerprint density at radius 3 is 2.31 bits per heavy atom. The van der Waals surface area contributed by atoms with Gasteiger partial charge in [0, 0.05) is 25.7 Å². The molecule has 1 heterocycles. The van der Waals surface area contributed by atoms with Crippen molar-refractivity contribution in [3.8, 4) is 0 Å². The van der Waals surface area contributed by atoms with E-state index in [1.165, 1.54) is 5.39 Å². The average molecular weight is 220 g/mol. The number of hydrogen-bond donors (Lipinski definition) is 1. The van der Waals surface area contributed by atoms with E-state index < -0.39 is 0 Å². The van der Waals surface area contributed by atoms with Crippen LogP contribution in [0.3, 0.4) is 0 Å². The van der Waals surface area contributed by atoms with Gasteiger partial charge in [0.25, 0.3) is 0 Å². The van der Waals surface area contributed by atoms with Gasteiger partial charge in [0.15, 0.2) is 0 Å². The first-order valence-electron chi connectivity index (χ1n) is 5.93. The maximum atomic E-state index is 4.25. The Kier molecular flexibility index (Phi) is 7.86. The second-order valence-corrected chi connectivity index (χ2v) is 2.63. The average Bonchev–Trinajstić information content (AvgIpc) is 2.42. The summed E-state index contributed by atoms with van der Waals surface area (Å²) >= 11 is 0. The first-order chi connectivity index (χ1) is 7.92. The van der Waals surface area contributed by atoms with Crippen molar-refractivity contribution in [2.24, 2.45) is 0 Å². The maximum Gasteiger partial charge on any atom is 0.0722 e. The van der Waals surface area contributed by atoms with Crippen molar-refractivity contribution in [1.29, 1.82) is 0 Å². The Balaban J connectivity index is 0. The molecule has 90 valence electrons. The number of aromatic nitrogens is 1. The quantitative estimate of drug-likeness (QED) is 0.761. The third-order valence-electron chi connectivity index (χ3n) is 1.92. The van der Waals surface area contributed by atoms with Gasteiger partial charge in [0.1, 0.15) is 0 Å². The zero-order valence-electron chi connectivity index (χ0n) is 10.9. The predicted molar refractivity (Wildman–Crippen MR) is 76.1 cm³/mol. The topological polar surface area (TPSA) is 24.9 Å². The van der Waals surface area contributed by atoms with Crippen LogP contribution in [0.25, 0.3) is 10.9 Å². The fraction of sp³-hybridized carbons (Fsp3) is 0.357. The van der Waals surface area contributed by atoms with Crippen LogP contribution in [0, 0.1) is 0 Å². The SMILES string of the molecule is CC.CC.CNc1cccc2ncccc12.[HH]. The third kappa shape index (κ3) is 3.54. The molecule has 1 N–H and O–H groups in total. The number of anilines is 1. The van der Waals surface area contributed by atoms with E-state index in [1.807, 2.05) is 65.2 Å². The fourth-order valence-corrected chi connectivity index (χ4v) is 1.32. The van der Waals surface area contributed by atoms with Crippen molar-refractivity contribution in [2.45, 2.75) is 27.7 Å². The lowest BCUT2D eigenvalue weighted by Crippen LogP contribution is -1.89. The van der Waals surface area contributed by atoms with Crippen LogP contribution in [0.15, 0.2) is 36.5 Å². The number of hydrogen-bond acceptors (Lipinski definition) is 2. The molecule has 0 aliphatic rings. The van der Waals surface area contributed by atoms with E-state index in [4.69, 9.17) is 0 Å². The second-order valence-electron chi connectivity index (χ2n) is 2.63. The van der Waals surface area contributed by atoms with E-state index in [2.05, 4.69) is 16.4 Å². The molecule has 0 aliphatic heterocycles. The summed E-state index contributed by atoms with van der Waals surface area (Å²) in [5, 5.41) is 4.30. The molecule has 2 heteroatoms. The first kappa shape index (κ1) is 14.4. The Hall–Kier alpha value is -1.57. The van der Waals surface area contributed by atoms with Crippen LogP contribution in [-0.2, 0) is 0 Å². The summed E-state index contributed by atoms with van der Waals surface area (Å²) in [6, 6.07) is 10.1. The number of nitrogens with one attached hydrogen (secondary N) is 1. The molecular weight excluding hydrogens is 196 g/mol. The molecule has 2 nitrogen and oxygen atoms in total. The van der Waals surface area contributed by atoms with E-state index in [9.17, 15) is 0 Å². The van der Waals surface area contributed by atoms with Gasteiger partial charge in [0.05, 0.1) is 5.52 Å². The van der Waals surface area contributed by atoms with Crippen molar-refractivity contribution < 1.29 is 1.43 Å². The van der Waals surface area contributed by atoms with Gasteiger partial charge in [-0.25, -0.2) is 0 Å². The number of fused-ring (bicyclic) bond motifs is 1.